The highest BCUT2D eigenvalue weighted by Crippen LogP contribution is 2.22. The first-order valence-electron chi connectivity index (χ1n) is 8.16. The van der Waals surface area contributed by atoms with Gasteiger partial charge in [0.1, 0.15) is 0 Å². The zero-order valence-electron chi connectivity index (χ0n) is 13.7. The fraction of sp³-hybridized carbons (Fsp3) is 0.150. The lowest BCUT2D eigenvalue weighted by molar-refractivity contribution is -0.124. The third-order valence-corrected chi connectivity index (χ3v) is 3.84. The van der Waals surface area contributed by atoms with Crippen molar-refractivity contribution in [3.8, 4) is 0 Å². The Morgan fingerprint density at radius 2 is 1.68 bits per heavy atom. The van der Waals surface area contributed by atoms with Gasteiger partial charge in [-0.15, -0.1) is 0 Å². The first-order valence-corrected chi connectivity index (χ1v) is 8.16. The molecule has 0 spiro atoms. The Labute approximate surface area is 146 Å². The molecule has 0 radical (unpaired) electrons. The Kier molecular flexibility index (Phi) is 5.36. The lowest BCUT2D eigenvalue weighted by Crippen LogP contribution is -2.33. The monoisotopic (exact) mass is 333 g/mol. The molecular formula is C20H19N3O2. The van der Waals surface area contributed by atoms with Crippen LogP contribution in [0.3, 0.4) is 0 Å². The number of benzene rings is 2. The molecule has 2 amide bonds. The van der Waals surface area contributed by atoms with Gasteiger partial charge in [0.2, 0.25) is 11.8 Å². The number of carbonyl (C=O) groups excluding carboxylic acids is 2. The van der Waals surface area contributed by atoms with Gasteiger partial charge in [-0.25, -0.2) is 0 Å². The van der Waals surface area contributed by atoms with Crippen LogP contribution in [0.5, 0.6) is 0 Å². The van der Waals surface area contributed by atoms with Crippen molar-refractivity contribution in [3.63, 3.8) is 0 Å². The third kappa shape index (κ3) is 4.64. The second kappa shape index (κ2) is 8.06. The number of carbonyl (C=O) groups is 2. The molecule has 2 aromatic carbocycles. The van der Waals surface area contributed by atoms with Gasteiger partial charge in [-0.05, 0) is 30.0 Å². The van der Waals surface area contributed by atoms with Gasteiger partial charge < -0.3 is 10.6 Å². The predicted molar refractivity (Wildman–Crippen MR) is 98.1 cm³/mol. The third-order valence-electron chi connectivity index (χ3n) is 3.84. The summed E-state index contributed by atoms with van der Waals surface area (Å²) in [6.45, 7) is -0.0513. The van der Waals surface area contributed by atoms with Gasteiger partial charge in [0.15, 0.2) is 0 Å². The number of hydrogen-bond acceptors (Lipinski definition) is 3. The van der Waals surface area contributed by atoms with E-state index in [1.54, 1.807) is 6.20 Å². The number of anilines is 1. The quantitative estimate of drug-likeness (QED) is 0.728. The molecule has 0 atom stereocenters. The van der Waals surface area contributed by atoms with E-state index in [1.807, 2.05) is 60.7 Å². The molecule has 1 heterocycles. The van der Waals surface area contributed by atoms with Gasteiger partial charge in [-0.3, -0.25) is 14.6 Å². The van der Waals surface area contributed by atoms with Crippen molar-refractivity contribution >= 4 is 28.3 Å². The largest absolute Gasteiger partial charge is 0.347 e. The summed E-state index contributed by atoms with van der Waals surface area (Å²) in [6.07, 6.45) is 2.56. The lowest BCUT2D eigenvalue weighted by atomic mass is 10.1. The Balaban J connectivity index is 1.50. The number of hydrogen-bond donors (Lipinski definition) is 2. The van der Waals surface area contributed by atoms with E-state index in [1.165, 1.54) is 0 Å². The molecule has 0 unspecified atom stereocenters. The van der Waals surface area contributed by atoms with Crippen molar-refractivity contribution in [3.05, 3.63) is 72.6 Å². The summed E-state index contributed by atoms with van der Waals surface area (Å²) in [5.74, 6) is -0.415. The summed E-state index contributed by atoms with van der Waals surface area (Å²) >= 11 is 0. The Morgan fingerprint density at radius 1 is 0.880 bits per heavy atom. The number of nitrogens with zero attached hydrogens (tertiary/aromatic N) is 1. The Hall–Kier alpha value is -3.21. The van der Waals surface area contributed by atoms with Crippen LogP contribution in [0.1, 0.15) is 12.1 Å². The number of aromatic nitrogens is 1. The lowest BCUT2D eigenvalue weighted by Gasteiger charge is -2.09. The van der Waals surface area contributed by atoms with Crippen LogP contribution >= 0.6 is 0 Å². The molecule has 0 saturated heterocycles. The highest BCUT2D eigenvalue weighted by molar-refractivity contribution is 6.03. The second-order valence-corrected chi connectivity index (χ2v) is 5.67. The normalized spacial score (nSPS) is 10.4. The van der Waals surface area contributed by atoms with Crippen LogP contribution in [0.15, 0.2) is 66.9 Å². The average Bonchev–Trinajstić information content (AvgIpc) is 2.66. The van der Waals surface area contributed by atoms with Crippen LogP contribution in [0.25, 0.3) is 10.8 Å². The predicted octanol–water partition coefficient (Wildman–Crippen LogP) is 2.92. The van der Waals surface area contributed by atoms with Crippen molar-refractivity contribution < 1.29 is 9.59 Å². The summed E-state index contributed by atoms with van der Waals surface area (Å²) in [5.41, 5.74) is 1.60. The number of rotatable bonds is 6. The molecule has 0 aliphatic carbocycles. The van der Waals surface area contributed by atoms with Crippen LogP contribution in [0.2, 0.25) is 0 Å². The summed E-state index contributed by atoms with van der Waals surface area (Å²) in [4.78, 5) is 28.1. The van der Waals surface area contributed by atoms with Crippen molar-refractivity contribution in [2.45, 2.75) is 12.8 Å². The average molecular weight is 333 g/mol. The molecular weight excluding hydrogens is 314 g/mol. The van der Waals surface area contributed by atoms with Gasteiger partial charge in [-0.2, -0.15) is 0 Å². The molecule has 0 fully saturated rings. The standard InChI is InChI=1S/C20H19N3O2/c24-19(12-11-16-8-3-4-13-21-16)22-14-20(25)23-18-10-5-7-15-6-1-2-9-17(15)18/h1-10,13H,11-12,14H2,(H,22,24)(H,23,25). The van der Waals surface area contributed by atoms with Crippen LogP contribution in [-0.2, 0) is 16.0 Å². The molecule has 126 valence electrons. The van der Waals surface area contributed by atoms with Crippen LogP contribution < -0.4 is 10.6 Å². The topological polar surface area (TPSA) is 71.1 Å². The van der Waals surface area contributed by atoms with Crippen molar-refractivity contribution in [2.75, 3.05) is 11.9 Å². The SMILES string of the molecule is O=C(CCc1ccccn1)NCC(=O)Nc1cccc2ccccc12. The van der Waals surface area contributed by atoms with Gasteiger partial charge in [-0.1, -0.05) is 42.5 Å². The van der Waals surface area contributed by atoms with Gasteiger partial charge >= 0.3 is 0 Å². The number of fused-ring (bicyclic) bond motifs is 1. The molecule has 3 aromatic rings. The molecule has 25 heavy (non-hydrogen) atoms. The molecule has 0 aliphatic heterocycles. The smallest absolute Gasteiger partial charge is 0.243 e. The minimum absolute atomic E-state index is 0.0513. The van der Waals surface area contributed by atoms with Gasteiger partial charge in [0.05, 0.1) is 6.54 Å². The first-order chi connectivity index (χ1) is 12.2. The maximum atomic E-state index is 12.1. The second-order valence-electron chi connectivity index (χ2n) is 5.67. The minimum Gasteiger partial charge on any atom is -0.347 e. The van der Waals surface area contributed by atoms with Crippen LogP contribution in [0, 0.1) is 0 Å². The zero-order valence-corrected chi connectivity index (χ0v) is 13.7. The van der Waals surface area contributed by atoms with Crippen molar-refractivity contribution in [1.29, 1.82) is 0 Å². The van der Waals surface area contributed by atoms with E-state index in [4.69, 9.17) is 0 Å². The first kappa shape index (κ1) is 16.6. The minimum atomic E-state index is -0.248. The van der Waals surface area contributed by atoms with Crippen molar-refractivity contribution in [1.82, 2.24) is 10.3 Å². The van der Waals surface area contributed by atoms with E-state index in [2.05, 4.69) is 15.6 Å². The maximum Gasteiger partial charge on any atom is 0.243 e. The van der Waals surface area contributed by atoms with Gasteiger partial charge in [0.25, 0.3) is 0 Å². The molecule has 2 N–H and O–H groups in total. The number of amides is 2. The summed E-state index contributed by atoms with van der Waals surface area (Å²) < 4.78 is 0. The fourth-order valence-corrected chi connectivity index (χ4v) is 2.58. The fourth-order valence-electron chi connectivity index (χ4n) is 2.58. The summed E-state index contributed by atoms with van der Waals surface area (Å²) in [5, 5.41) is 7.52. The van der Waals surface area contributed by atoms with Crippen molar-refractivity contribution in [2.24, 2.45) is 0 Å². The highest BCUT2D eigenvalue weighted by Gasteiger charge is 2.08. The van der Waals surface area contributed by atoms with E-state index in [-0.39, 0.29) is 18.4 Å². The molecule has 0 aliphatic rings. The maximum absolute atomic E-state index is 12.1. The summed E-state index contributed by atoms with van der Waals surface area (Å²) in [7, 11) is 0. The van der Waals surface area contributed by atoms with Gasteiger partial charge in [0, 0.05) is 29.4 Å². The molecule has 1 aromatic heterocycles. The van der Waals surface area contributed by atoms with Crippen LogP contribution in [0.4, 0.5) is 5.69 Å². The summed E-state index contributed by atoms with van der Waals surface area (Å²) in [6, 6.07) is 19.2. The Morgan fingerprint density at radius 3 is 2.52 bits per heavy atom. The van der Waals surface area contributed by atoms with E-state index in [9.17, 15) is 9.59 Å². The molecule has 5 nitrogen and oxygen atoms in total. The molecule has 0 bridgehead atoms. The zero-order chi connectivity index (χ0) is 17.5. The molecule has 0 saturated carbocycles. The highest BCUT2D eigenvalue weighted by atomic mass is 16.2. The van der Waals surface area contributed by atoms with E-state index < -0.39 is 0 Å². The molecule has 3 rings (SSSR count). The van der Waals surface area contributed by atoms with E-state index in [0.717, 1.165) is 22.2 Å². The number of nitrogens with one attached hydrogen (secondary N) is 2. The number of pyridine rings is 1. The number of aryl methyl sites for hydroxylation is 1. The van der Waals surface area contributed by atoms with Crippen LogP contribution in [-0.4, -0.2) is 23.3 Å². The Bertz CT molecular complexity index is 873. The van der Waals surface area contributed by atoms with E-state index >= 15 is 0 Å². The van der Waals surface area contributed by atoms with E-state index in [0.29, 0.717) is 12.8 Å². The molecule has 5 heteroatoms.